The zero-order chi connectivity index (χ0) is 17.6. The number of fused-ring (bicyclic) bond motifs is 1. The molecule has 0 saturated heterocycles. The molecule has 1 aliphatic heterocycles. The Morgan fingerprint density at radius 3 is 2.69 bits per heavy atom. The van der Waals surface area contributed by atoms with Gasteiger partial charge in [0.2, 0.25) is 0 Å². The Kier molecular flexibility index (Phi) is 4.77. The molecule has 4 nitrogen and oxygen atoms in total. The van der Waals surface area contributed by atoms with Crippen LogP contribution >= 0.6 is 0 Å². The summed E-state index contributed by atoms with van der Waals surface area (Å²) in [7, 11) is 0. The first-order valence-corrected chi connectivity index (χ1v) is 8.66. The first kappa shape index (κ1) is 16.1. The van der Waals surface area contributed by atoms with E-state index in [2.05, 4.69) is 50.9 Å². The molecule has 0 N–H and O–H groups in total. The number of rotatable bonds is 5. The van der Waals surface area contributed by atoms with Crippen LogP contribution in [0, 0.1) is 0 Å². The number of hydrogen-bond acceptors (Lipinski definition) is 4. The number of ether oxygens (including phenoxy) is 1. The fourth-order valence-electron chi connectivity index (χ4n) is 2.92. The number of nitrogens with zero attached hydrogens (tertiary/aromatic N) is 3. The van der Waals surface area contributed by atoms with Crippen molar-refractivity contribution in [1.29, 1.82) is 0 Å². The fraction of sp³-hybridized carbons (Fsp3) is 0.136. The maximum absolute atomic E-state index is 5.87. The second-order valence-corrected chi connectivity index (χ2v) is 5.97. The summed E-state index contributed by atoms with van der Waals surface area (Å²) in [6, 6.07) is 18.1. The second-order valence-electron chi connectivity index (χ2n) is 5.97. The van der Waals surface area contributed by atoms with Gasteiger partial charge in [-0.05, 0) is 48.4 Å². The smallest absolute Gasteiger partial charge is 0.137 e. The molecule has 0 saturated carbocycles. The minimum absolute atomic E-state index is 0.567. The average molecular weight is 341 g/mol. The van der Waals surface area contributed by atoms with E-state index in [1.807, 2.05) is 36.5 Å². The van der Waals surface area contributed by atoms with Gasteiger partial charge in [0.15, 0.2) is 0 Å². The first-order valence-electron chi connectivity index (χ1n) is 8.66. The van der Waals surface area contributed by atoms with Gasteiger partial charge < -0.3 is 9.64 Å². The normalized spacial score (nSPS) is 12.5. The molecule has 26 heavy (non-hydrogen) atoms. The highest BCUT2D eigenvalue weighted by molar-refractivity contribution is 5.57. The third-order valence-electron chi connectivity index (χ3n) is 4.24. The molecule has 0 spiro atoms. The monoisotopic (exact) mass is 341 g/mol. The maximum atomic E-state index is 5.87. The van der Waals surface area contributed by atoms with Gasteiger partial charge in [-0.3, -0.25) is 9.97 Å². The van der Waals surface area contributed by atoms with E-state index >= 15 is 0 Å². The molecule has 2 aromatic heterocycles. The van der Waals surface area contributed by atoms with Gasteiger partial charge in [0, 0.05) is 18.1 Å². The molecular weight excluding hydrogens is 322 g/mol. The van der Waals surface area contributed by atoms with Crippen LogP contribution in [-0.2, 0) is 6.42 Å². The Bertz CT molecular complexity index is 929. The van der Waals surface area contributed by atoms with E-state index in [1.165, 1.54) is 11.3 Å². The number of pyridine rings is 2. The number of allylic oxidation sites excluding steroid dienone is 1. The number of anilines is 1. The molecule has 128 valence electrons. The summed E-state index contributed by atoms with van der Waals surface area (Å²) in [5, 5.41) is 0. The highest BCUT2D eigenvalue weighted by Gasteiger charge is 2.10. The van der Waals surface area contributed by atoms with Crippen LogP contribution in [0.2, 0.25) is 0 Å². The summed E-state index contributed by atoms with van der Waals surface area (Å²) in [6.07, 6.45) is 8.46. The topological polar surface area (TPSA) is 38.2 Å². The van der Waals surface area contributed by atoms with Crippen LogP contribution in [0.4, 0.5) is 5.69 Å². The third kappa shape index (κ3) is 3.66. The van der Waals surface area contributed by atoms with E-state index in [-0.39, 0.29) is 0 Å². The second kappa shape index (κ2) is 7.68. The molecule has 4 heteroatoms. The molecule has 0 radical (unpaired) electrons. The van der Waals surface area contributed by atoms with Crippen LogP contribution in [0.15, 0.2) is 85.0 Å². The summed E-state index contributed by atoms with van der Waals surface area (Å²) in [6.45, 7) is 1.32. The van der Waals surface area contributed by atoms with Crippen molar-refractivity contribution in [3.8, 4) is 17.1 Å². The summed E-state index contributed by atoms with van der Waals surface area (Å²) < 4.78 is 5.87. The van der Waals surface area contributed by atoms with Gasteiger partial charge in [0.25, 0.3) is 0 Å². The lowest BCUT2D eigenvalue weighted by atomic mass is 10.1. The van der Waals surface area contributed by atoms with E-state index in [1.54, 1.807) is 12.4 Å². The van der Waals surface area contributed by atoms with Crippen molar-refractivity contribution in [3.63, 3.8) is 0 Å². The van der Waals surface area contributed by atoms with Crippen LogP contribution in [0.3, 0.4) is 0 Å². The van der Waals surface area contributed by atoms with E-state index in [0.717, 1.165) is 30.1 Å². The van der Waals surface area contributed by atoms with Gasteiger partial charge in [0.05, 0.1) is 24.1 Å². The predicted octanol–water partition coefficient (Wildman–Crippen LogP) is 4.25. The SMILES string of the molecule is C1=CCc2ccccc2N(CCOc2ccc(-c3ccccn3)nc2)C=1. The first-order chi connectivity index (χ1) is 12.9. The molecule has 1 aromatic carbocycles. The van der Waals surface area contributed by atoms with E-state index < -0.39 is 0 Å². The average Bonchev–Trinajstić information content (AvgIpc) is 2.92. The molecule has 0 bridgehead atoms. The van der Waals surface area contributed by atoms with Crippen molar-refractivity contribution in [2.24, 2.45) is 0 Å². The van der Waals surface area contributed by atoms with E-state index in [4.69, 9.17) is 4.74 Å². The van der Waals surface area contributed by atoms with E-state index in [9.17, 15) is 0 Å². The molecule has 1 aliphatic rings. The Morgan fingerprint density at radius 1 is 0.962 bits per heavy atom. The Morgan fingerprint density at radius 2 is 1.85 bits per heavy atom. The summed E-state index contributed by atoms with van der Waals surface area (Å²) >= 11 is 0. The Hall–Kier alpha value is -3.36. The van der Waals surface area contributed by atoms with Crippen molar-refractivity contribution >= 4 is 5.69 Å². The lowest BCUT2D eigenvalue weighted by Gasteiger charge is -2.21. The number of aromatic nitrogens is 2. The molecule has 0 fully saturated rings. The van der Waals surface area contributed by atoms with Gasteiger partial charge >= 0.3 is 0 Å². The van der Waals surface area contributed by atoms with Gasteiger partial charge in [0.1, 0.15) is 12.4 Å². The zero-order valence-electron chi connectivity index (χ0n) is 14.4. The van der Waals surface area contributed by atoms with Crippen molar-refractivity contribution in [3.05, 3.63) is 90.6 Å². The van der Waals surface area contributed by atoms with Crippen LogP contribution in [-0.4, -0.2) is 23.1 Å². The number of para-hydroxylation sites is 1. The molecule has 4 rings (SSSR count). The molecule has 0 atom stereocenters. The van der Waals surface area contributed by atoms with Crippen LogP contribution in [0.25, 0.3) is 11.4 Å². The third-order valence-corrected chi connectivity index (χ3v) is 4.24. The Balaban J connectivity index is 1.39. The number of hydrogen-bond donors (Lipinski definition) is 0. The minimum Gasteiger partial charge on any atom is -0.490 e. The molecule has 3 aromatic rings. The van der Waals surface area contributed by atoms with Crippen LogP contribution in [0.5, 0.6) is 5.75 Å². The summed E-state index contributed by atoms with van der Waals surface area (Å²) in [4.78, 5) is 10.9. The van der Waals surface area contributed by atoms with Gasteiger partial charge in [-0.2, -0.15) is 0 Å². The summed E-state index contributed by atoms with van der Waals surface area (Å²) in [5.74, 6) is 0.757. The molecule has 3 heterocycles. The lowest BCUT2D eigenvalue weighted by molar-refractivity contribution is 0.326. The lowest BCUT2D eigenvalue weighted by Crippen LogP contribution is -2.23. The zero-order valence-corrected chi connectivity index (χ0v) is 14.4. The molecule has 0 amide bonds. The van der Waals surface area contributed by atoms with Crippen LogP contribution < -0.4 is 9.64 Å². The van der Waals surface area contributed by atoms with Crippen LogP contribution in [0.1, 0.15) is 5.56 Å². The Labute approximate surface area is 153 Å². The molecular formula is C22H19N3O. The molecule has 0 unspecified atom stereocenters. The fourth-order valence-corrected chi connectivity index (χ4v) is 2.92. The highest BCUT2D eigenvalue weighted by atomic mass is 16.5. The quantitative estimate of drug-likeness (QED) is 0.650. The van der Waals surface area contributed by atoms with E-state index in [0.29, 0.717) is 6.61 Å². The minimum atomic E-state index is 0.567. The van der Waals surface area contributed by atoms with Gasteiger partial charge in [-0.1, -0.05) is 24.3 Å². The predicted molar refractivity (Wildman–Crippen MR) is 103 cm³/mol. The largest absolute Gasteiger partial charge is 0.490 e. The van der Waals surface area contributed by atoms with Crippen molar-refractivity contribution in [2.45, 2.75) is 6.42 Å². The molecule has 0 aliphatic carbocycles. The summed E-state index contributed by atoms with van der Waals surface area (Å²) in [5.41, 5.74) is 7.43. The van der Waals surface area contributed by atoms with Gasteiger partial charge in [-0.15, -0.1) is 5.73 Å². The van der Waals surface area contributed by atoms with Crippen molar-refractivity contribution < 1.29 is 4.74 Å². The standard InChI is InChI=1S/C22H19N3O/c1-2-10-22-18(7-1)8-4-6-14-25(22)15-16-26-19-11-12-21(24-17-19)20-9-3-5-13-23-20/h1-5,7,9-14,17H,8,15-16H2. The van der Waals surface area contributed by atoms with Gasteiger partial charge in [-0.25, -0.2) is 0 Å². The maximum Gasteiger partial charge on any atom is 0.137 e. The van der Waals surface area contributed by atoms with Crippen molar-refractivity contribution in [1.82, 2.24) is 9.97 Å². The highest BCUT2D eigenvalue weighted by Crippen LogP contribution is 2.23. The number of benzene rings is 1. The van der Waals surface area contributed by atoms with Crippen molar-refractivity contribution in [2.75, 3.05) is 18.1 Å².